The molecule has 0 saturated carbocycles. The van der Waals surface area contributed by atoms with Crippen LogP contribution in [0.3, 0.4) is 0 Å². The van der Waals surface area contributed by atoms with Crippen molar-refractivity contribution in [2.24, 2.45) is 5.92 Å². The summed E-state index contributed by atoms with van der Waals surface area (Å²) in [4.78, 5) is 12.6. The van der Waals surface area contributed by atoms with Gasteiger partial charge in [0.25, 0.3) is 0 Å². The molecule has 1 aromatic heterocycles. The van der Waals surface area contributed by atoms with Crippen molar-refractivity contribution in [1.29, 1.82) is 0 Å². The standard InChI is InChI=1S/C18H26N4O3S2/c1-5-6-10-27(24,25)22-15(12(2)3)16(23)19-18-21-20-17(26-18)14-9-7-8-13(4)11-14/h7-9,11-12,15,22H,5-6,10H2,1-4H3,(H,19,21,23). The number of unbranched alkanes of at least 4 members (excludes halogenated alkanes) is 1. The first-order valence-electron chi connectivity index (χ1n) is 8.93. The van der Waals surface area contributed by atoms with Crippen LogP contribution in [0.15, 0.2) is 24.3 Å². The number of aromatic nitrogens is 2. The van der Waals surface area contributed by atoms with E-state index in [1.165, 1.54) is 11.3 Å². The van der Waals surface area contributed by atoms with Crippen LogP contribution in [0.4, 0.5) is 5.13 Å². The molecule has 27 heavy (non-hydrogen) atoms. The van der Waals surface area contributed by atoms with Gasteiger partial charge in [-0.2, -0.15) is 0 Å². The van der Waals surface area contributed by atoms with Crippen LogP contribution < -0.4 is 10.0 Å². The minimum atomic E-state index is -3.51. The SMILES string of the molecule is CCCCS(=O)(=O)NC(C(=O)Nc1nnc(-c2cccc(C)c2)s1)C(C)C. The van der Waals surface area contributed by atoms with Gasteiger partial charge in [0.15, 0.2) is 0 Å². The maximum atomic E-state index is 12.6. The molecule has 0 bridgehead atoms. The Labute approximate surface area is 164 Å². The Balaban J connectivity index is 2.10. The zero-order valence-electron chi connectivity index (χ0n) is 16.0. The van der Waals surface area contributed by atoms with Gasteiger partial charge in [-0.05, 0) is 25.3 Å². The van der Waals surface area contributed by atoms with E-state index >= 15 is 0 Å². The van der Waals surface area contributed by atoms with Crippen molar-refractivity contribution in [3.63, 3.8) is 0 Å². The molecule has 2 aromatic rings. The number of anilines is 1. The first-order chi connectivity index (χ1) is 12.7. The lowest BCUT2D eigenvalue weighted by molar-refractivity contribution is -0.118. The van der Waals surface area contributed by atoms with Gasteiger partial charge in [0.05, 0.1) is 5.75 Å². The number of hydrogen-bond donors (Lipinski definition) is 2. The highest BCUT2D eigenvalue weighted by molar-refractivity contribution is 7.89. The van der Waals surface area contributed by atoms with E-state index in [1.54, 1.807) is 13.8 Å². The highest BCUT2D eigenvalue weighted by atomic mass is 32.2. The Kier molecular flexibility index (Phi) is 7.46. The van der Waals surface area contributed by atoms with Gasteiger partial charge >= 0.3 is 0 Å². The molecule has 7 nitrogen and oxygen atoms in total. The van der Waals surface area contributed by atoms with Gasteiger partial charge in [-0.3, -0.25) is 10.1 Å². The van der Waals surface area contributed by atoms with E-state index in [2.05, 4.69) is 20.2 Å². The van der Waals surface area contributed by atoms with Gasteiger partial charge in [0.1, 0.15) is 11.0 Å². The molecule has 0 aliphatic heterocycles. The van der Waals surface area contributed by atoms with Crippen LogP contribution in [0.25, 0.3) is 10.6 Å². The number of amides is 1. The van der Waals surface area contributed by atoms with E-state index in [1.807, 2.05) is 38.1 Å². The monoisotopic (exact) mass is 410 g/mol. The maximum absolute atomic E-state index is 12.6. The van der Waals surface area contributed by atoms with Crippen molar-refractivity contribution in [1.82, 2.24) is 14.9 Å². The third-order valence-electron chi connectivity index (χ3n) is 3.94. The molecule has 1 aromatic carbocycles. The number of nitrogens with one attached hydrogen (secondary N) is 2. The smallest absolute Gasteiger partial charge is 0.244 e. The number of sulfonamides is 1. The lowest BCUT2D eigenvalue weighted by atomic mass is 10.1. The second-order valence-electron chi connectivity index (χ2n) is 6.78. The third-order valence-corrected chi connectivity index (χ3v) is 6.27. The molecule has 2 N–H and O–H groups in total. The van der Waals surface area contributed by atoms with E-state index in [0.717, 1.165) is 17.5 Å². The van der Waals surface area contributed by atoms with Crippen molar-refractivity contribution in [2.45, 2.75) is 46.6 Å². The summed E-state index contributed by atoms with van der Waals surface area (Å²) >= 11 is 1.25. The lowest BCUT2D eigenvalue weighted by Gasteiger charge is -2.20. The maximum Gasteiger partial charge on any atom is 0.244 e. The Morgan fingerprint density at radius 2 is 2.00 bits per heavy atom. The molecule has 0 aliphatic carbocycles. The fourth-order valence-electron chi connectivity index (χ4n) is 2.43. The summed E-state index contributed by atoms with van der Waals surface area (Å²) in [5, 5.41) is 11.8. The number of benzene rings is 1. The van der Waals surface area contributed by atoms with E-state index in [0.29, 0.717) is 16.6 Å². The molecule has 0 saturated heterocycles. The van der Waals surface area contributed by atoms with Crippen LogP contribution in [0.1, 0.15) is 39.2 Å². The topological polar surface area (TPSA) is 101 Å². The van der Waals surface area contributed by atoms with E-state index in [4.69, 9.17) is 0 Å². The highest BCUT2D eigenvalue weighted by Crippen LogP contribution is 2.27. The van der Waals surface area contributed by atoms with Crippen molar-refractivity contribution >= 4 is 32.4 Å². The molecule has 0 spiro atoms. The Morgan fingerprint density at radius 1 is 1.26 bits per heavy atom. The Bertz CT molecular complexity index is 878. The fraction of sp³-hybridized carbons (Fsp3) is 0.500. The highest BCUT2D eigenvalue weighted by Gasteiger charge is 2.28. The van der Waals surface area contributed by atoms with Crippen molar-refractivity contribution in [3.8, 4) is 10.6 Å². The second kappa shape index (κ2) is 9.38. The average molecular weight is 411 g/mol. The largest absolute Gasteiger partial charge is 0.299 e. The predicted molar refractivity (Wildman–Crippen MR) is 109 cm³/mol. The summed E-state index contributed by atoms with van der Waals surface area (Å²) in [5.41, 5.74) is 2.03. The summed E-state index contributed by atoms with van der Waals surface area (Å²) in [6.45, 7) is 7.50. The number of rotatable bonds is 9. The van der Waals surface area contributed by atoms with Gasteiger partial charge in [-0.1, -0.05) is 62.3 Å². The summed E-state index contributed by atoms with van der Waals surface area (Å²) in [6.07, 6.45) is 1.32. The number of carbonyl (C=O) groups excluding carboxylic acids is 1. The van der Waals surface area contributed by atoms with Crippen LogP contribution in [0.5, 0.6) is 0 Å². The Morgan fingerprint density at radius 3 is 2.63 bits per heavy atom. The molecular weight excluding hydrogens is 384 g/mol. The van der Waals surface area contributed by atoms with E-state index in [9.17, 15) is 13.2 Å². The molecule has 0 aliphatic rings. The number of hydrogen-bond acceptors (Lipinski definition) is 6. The first-order valence-corrected chi connectivity index (χ1v) is 11.4. The summed E-state index contributed by atoms with van der Waals surface area (Å²) < 4.78 is 26.8. The molecule has 0 fully saturated rings. The molecule has 148 valence electrons. The molecule has 0 radical (unpaired) electrons. The molecule has 2 rings (SSSR count). The molecule has 1 amide bonds. The van der Waals surface area contributed by atoms with Gasteiger partial charge in [-0.15, -0.1) is 10.2 Å². The molecule has 1 heterocycles. The summed E-state index contributed by atoms with van der Waals surface area (Å²) in [7, 11) is -3.51. The van der Waals surface area contributed by atoms with Crippen LogP contribution in [0, 0.1) is 12.8 Å². The zero-order chi connectivity index (χ0) is 20.0. The molecule has 9 heteroatoms. The first kappa shape index (κ1) is 21.5. The summed E-state index contributed by atoms with van der Waals surface area (Å²) in [6, 6.07) is 6.98. The Hall–Kier alpha value is -1.84. The fourth-order valence-corrected chi connectivity index (χ4v) is 4.73. The third kappa shape index (κ3) is 6.37. The zero-order valence-corrected chi connectivity index (χ0v) is 17.7. The lowest BCUT2D eigenvalue weighted by Crippen LogP contribution is -2.47. The van der Waals surface area contributed by atoms with Gasteiger partial charge < -0.3 is 0 Å². The van der Waals surface area contributed by atoms with Crippen LogP contribution in [0.2, 0.25) is 0 Å². The van der Waals surface area contributed by atoms with Gasteiger partial charge in [-0.25, -0.2) is 13.1 Å². The molecule has 1 atom stereocenters. The second-order valence-corrected chi connectivity index (χ2v) is 9.63. The summed E-state index contributed by atoms with van der Waals surface area (Å²) in [5.74, 6) is -0.626. The molecule has 1 unspecified atom stereocenters. The van der Waals surface area contributed by atoms with Crippen LogP contribution >= 0.6 is 11.3 Å². The normalized spacial score (nSPS) is 12.9. The van der Waals surface area contributed by atoms with Crippen molar-refractivity contribution in [2.75, 3.05) is 11.1 Å². The minimum Gasteiger partial charge on any atom is -0.299 e. The van der Waals surface area contributed by atoms with Crippen molar-refractivity contribution in [3.05, 3.63) is 29.8 Å². The predicted octanol–water partition coefficient (Wildman–Crippen LogP) is 3.20. The van der Waals surface area contributed by atoms with E-state index < -0.39 is 22.0 Å². The van der Waals surface area contributed by atoms with E-state index in [-0.39, 0.29) is 11.7 Å². The number of aryl methyl sites for hydroxylation is 1. The van der Waals surface area contributed by atoms with Crippen LogP contribution in [-0.4, -0.2) is 36.3 Å². The van der Waals surface area contributed by atoms with Gasteiger partial charge in [0, 0.05) is 5.56 Å². The minimum absolute atomic E-state index is 0.0102. The van der Waals surface area contributed by atoms with Gasteiger partial charge in [0.2, 0.25) is 21.1 Å². The molecular formula is C18H26N4O3S2. The van der Waals surface area contributed by atoms with Crippen molar-refractivity contribution < 1.29 is 13.2 Å². The van der Waals surface area contributed by atoms with Crippen LogP contribution in [-0.2, 0) is 14.8 Å². The quantitative estimate of drug-likeness (QED) is 0.661. The number of carbonyl (C=O) groups is 1. The number of nitrogens with zero attached hydrogens (tertiary/aromatic N) is 2. The average Bonchev–Trinajstić information content (AvgIpc) is 3.06.